The second-order valence-corrected chi connectivity index (χ2v) is 8.19. The maximum absolute atomic E-state index is 12.6. The lowest BCUT2D eigenvalue weighted by Crippen LogP contribution is -2.16. The van der Waals surface area contributed by atoms with E-state index in [1.165, 1.54) is 25.3 Å². The van der Waals surface area contributed by atoms with Crippen LogP contribution in [-0.4, -0.2) is 34.6 Å². The molecule has 2 aromatic rings. The number of carbonyl (C=O) groups is 1. The van der Waals surface area contributed by atoms with E-state index in [2.05, 4.69) is 5.32 Å². The van der Waals surface area contributed by atoms with Crippen LogP contribution in [0.3, 0.4) is 0 Å². The van der Waals surface area contributed by atoms with Crippen molar-refractivity contribution in [2.24, 2.45) is 11.1 Å². The van der Waals surface area contributed by atoms with Crippen molar-refractivity contribution in [1.29, 1.82) is 0 Å². The van der Waals surface area contributed by atoms with Crippen molar-refractivity contribution in [2.75, 3.05) is 25.6 Å². The van der Waals surface area contributed by atoms with Gasteiger partial charge in [0.25, 0.3) is 5.91 Å². The van der Waals surface area contributed by atoms with E-state index in [-0.39, 0.29) is 16.3 Å². The van der Waals surface area contributed by atoms with Crippen LogP contribution in [0.5, 0.6) is 17.2 Å². The Kier molecular flexibility index (Phi) is 7.46. The number of amides is 1. The van der Waals surface area contributed by atoms with Crippen molar-refractivity contribution in [2.45, 2.75) is 25.7 Å². The normalized spacial score (nSPS) is 11.2. The maximum atomic E-state index is 12.6. The molecule has 29 heavy (non-hydrogen) atoms. The van der Waals surface area contributed by atoms with E-state index >= 15 is 0 Å². The molecule has 0 aliphatic carbocycles. The van der Waals surface area contributed by atoms with Crippen LogP contribution in [0.4, 0.5) is 5.69 Å². The number of nitrogens with two attached hydrogens (primary N) is 1. The highest BCUT2D eigenvalue weighted by molar-refractivity contribution is 7.89. The van der Waals surface area contributed by atoms with Crippen molar-refractivity contribution >= 4 is 21.6 Å². The zero-order chi connectivity index (χ0) is 21.6. The average Bonchev–Trinajstić information content (AvgIpc) is 2.66. The Morgan fingerprint density at radius 3 is 2.34 bits per heavy atom. The molecule has 1 amide bonds. The summed E-state index contributed by atoms with van der Waals surface area (Å²) in [5.74, 6) is 1.01. The van der Waals surface area contributed by atoms with Gasteiger partial charge in [-0.05, 0) is 49.2 Å². The summed E-state index contributed by atoms with van der Waals surface area (Å²) in [6, 6.07) is 9.05. The highest BCUT2D eigenvalue weighted by atomic mass is 32.2. The van der Waals surface area contributed by atoms with Crippen molar-refractivity contribution < 1.29 is 27.4 Å². The number of anilines is 1. The molecule has 0 saturated heterocycles. The first-order valence-corrected chi connectivity index (χ1v) is 10.6. The van der Waals surface area contributed by atoms with Crippen LogP contribution >= 0.6 is 0 Å². The number of carbonyl (C=O) groups excluding carboxylic acids is 1. The van der Waals surface area contributed by atoms with Crippen molar-refractivity contribution in [3.8, 4) is 17.2 Å². The molecule has 0 aliphatic heterocycles. The molecule has 0 unspecified atom stereocenters. The van der Waals surface area contributed by atoms with Gasteiger partial charge in [-0.1, -0.05) is 13.8 Å². The largest absolute Gasteiger partial charge is 0.495 e. The summed E-state index contributed by atoms with van der Waals surface area (Å²) in [5.41, 5.74) is 0.594. The summed E-state index contributed by atoms with van der Waals surface area (Å²) in [4.78, 5) is 12.4. The molecule has 0 saturated carbocycles. The summed E-state index contributed by atoms with van der Waals surface area (Å²) in [5, 5.41) is 7.86. The molecule has 0 bridgehead atoms. The van der Waals surface area contributed by atoms with Gasteiger partial charge in [-0.2, -0.15) is 0 Å². The fourth-order valence-electron chi connectivity index (χ4n) is 2.47. The number of rotatable bonds is 9. The standard InChI is InChI=1S/C20H26N2O6S/c1-5-27-18-10-14(6-8-16(18)28-12-13(2)3)20(23)22-15-7-9-17(26-4)19(11-15)29(21,24)25/h6-11,13H,5,12H2,1-4H3,(H,22,23)(H2,21,24,25). The lowest BCUT2D eigenvalue weighted by molar-refractivity contribution is 0.102. The van der Waals surface area contributed by atoms with Gasteiger partial charge in [-0.3, -0.25) is 4.79 Å². The first-order chi connectivity index (χ1) is 13.7. The fourth-order valence-corrected chi connectivity index (χ4v) is 3.20. The molecular formula is C20H26N2O6S. The Balaban J connectivity index is 2.27. The molecule has 0 atom stereocenters. The van der Waals surface area contributed by atoms with Crippen LogP contribution in [-0.2, 0) is 10.0 Å². The van der Waals surface area contributed by atoms with Crippen LogP contribution in [0, 0.1) is 5.92 Å². The van der Waals surface area contributed by atoms with Crippen molar-refractivity contribution in [1.82, 2.24) is 0 Å². The van der Waals surface area contributed by atoms with E-state index < -0.39 is 15.9 Å². The number of methoxy groups -OCH3 is 1. The molecule has 9 heteroatoms. The molecule has 8 nitrogen and oxygen atoms in total. The Labute approximate surface area is 171 Å². The fraction of sp³-hybridized carbons (Fsp3) is 0.350. The Hall–Kier alpha value is -2.78. The zero-order valence-electron chi connectivity index (χ0n) is 16.9. The maximum Gasteiger partial charge on any atom is 0.255 e. The van der Waals surface area contributed by atoms with Gasteiger partial charge in [0.05, 0.1) is 20.3 Å². The van der Waals surface area contributed by atoms with Gasteiger partial charge in [-0.15, -0.1) is 0 Å². The van der Waals surface area contributed by atoms with Gasteiger partial charge in [0.2, 0.25) is 10.0 Å². The zero-order valence-corrected chi connectivity index (χ0v) is 17.7. The number of ether oxygens (including phenoxy) is 3. The Bertz CT molecular complexity index is 973. The smallest absolute Gasteiger partial charge is 0.255 e. The molecule has 0 heterocycles. The van der Waals surface area contributed by atoms with E-state index in [4.69, 9.17) is 19.3 Å². The van der Waals surface area contributed by atoms with E-state index in [0.717, 1.165) is 0 Å². The van der Waals surface area contributed by atoms with Gasteiger partial charge in [0.1, 0.15) is 10.6 Å². The minimum absolute atomic E-state index is 0.0933. The SMILES string of the molecule is CCOc1cc(C(=O)Nc2ccc(OC)c(S(N)(=O)=O)c2)ccc1OCC(C)C. The van der Waals surface area contributed by atoms with E-state index in [1.807, 2.05) is 20.8 Å². The predicted octanol–water partition coefficient (Wildman–Crippen LogP) is 3.03. The number of nitrogens with one attached hydrogen (secondary N) is 1. The minimum Gasteiger partial charge on any atom is -0.495 e. The van der Waals surface area contributed by atoms with Crippen LogP contribution in [0.15, 0.2) is 41.3 Å². The summed E-state index contributed by atoms with van der Waals surface area (Å²) in [7, 11) is -2.68. The molecule has 0 aliphatic rings. The number of hydrogen-bond donors (Lipinski definition) is 2. The molecule has 3 N–H and O–H groups in total. The lowest BCUT2D eigenvalue weighted by Gasteiger charge is -2.15. The van der Waals surface area contributed by atoms with Gasteiger partial charge >= 0.3 is 0 Å². The molecule has 158 valence electrons. The van der Waals surface area contributed by atoms with Gasteiger partial charge < -0.3 is 19.5 Å². The molecule has 2 rings (SSSR count). The topological polar surface area (TPSA) is 117 Å². The predicted molar refractivity (Wildman–Crippen MR) is 110 cm³/mol. The highest BCUT2D eigenvalue weighted by Gasteiger charge is 2.17. The monoisotopic (exact) mass is 422 g/mol. The summed E-state index contributed by atoms with van der Waals surface area (Å²) in [6.07, 6.45) is 0. The Morgan fingerprint density at radius 1 is 1.07 bits per heavy atom. The minimum atomic E-state index is -4.01. The summed E-state index contributed by atoms with van der Waals surface area (Å²) < 4.78 is 39.8. The van der Waals surface area contributed by atoms with E-state index in [1.54, 1.807) is 18.2 Å². The third kappa shape index (κ3) is 6.10. The number of benzene rings is 2. The second-order valence-electron chi connectivity index (χ2n) is 6.66. The van der Waals surface area contributed by atoms with Crippen LogP contribution in [0.1, 0.15) is 31.1 Å². The first kappa shape index (κ1) is 22.5. The molecular weight excluding hydrogens is 396 g/mol. The van der Waals surface area contributed by atoms with Gasteiger partial charge in [0, 0.05) is 11.3 Å². The highest BCUT2D eigenvalue weighted by Crippen LogP contribution is 2.30. The number of hydrogen-bond acceptors (Lipinski definition) is 6. The third-order valence-corrected chi connectivity index (χ3v) is 4.74. The van der Waals surface area contributed by atoms with E-state index in [9.17, 15) is 13.2 Å². The Morgan fingerprint density at radius 2 is 1.76 bits per heavy atom. The van der Waals surface area contributed by atoms with Gasteiger partial charge in [-0.25, -0.2) is 13.6 Å². The molecule has 0 aromatic heterocycles. The van der Waals surface area contributed by atoms with Crippen molar-refractivity contribution in [3.05, 3.63) is 42.0 Å². The molecule has 2 aromatic carbocycles. The molecule has 0 spiro atoms. The quantitative estimate of drug-likeness (QED) is 0.641. The summed E-state index contributed by atoms with van der Waals surface area (Å²) >= 11 is 0. The number of sulfonamides is 1. The average molecular weight is 423 g/mol. The number of primary sulfonamides is 1. The second kappa shape index (κ2) is 9.62. The van der Waals surface area contributed by atoms with Crippen LogP contribution < -0.4 is 24.7 Å². The van der Waals surface area contributed by atoms with Crippen molar-refractivity contribution in [3.63, 3.8) is 0 Å². The first-order valence-electron chi connectivity index (χ1n) is 9.07. The van der Waals surface area contributed by atoms with E-state index in [0.29, 0.717) is 36.2 Å². The van der Waals surface area contributed by atoms with Crippen LogP contribution in [0.2, 0.25) is 0 Å². The van der Waals surface area contributed by atoms with Gasteiger partial charge in [0.15, 0.2) is 11.5 Å². The third-order valence-electron chi connectivity index (χ3n) is 3.81. The summed E-state index contributed by atoms with van der Waals surface area (Å²) in [6.45, 7) is 6.85. The van der Waals surface area contributed by atoms with Crippen LogP contribution in [0.25, 0.3) is 0 Å². The molecule has 0 radical (unpaired) electrons. The lowest BCUT2D eigenvalue weighted by atomic mass is 10.1. The molecule has 0 fully saturated rings.